The summed E-state index contributed by atoms with van der Waals surface area (Å²) in [6, 6.07) is 13.7. The van der Waals surface area contributed by atoms with Crippen molar-refractivity contribution in [2.45, 2.75) is 12.8 Å². The first-order valence-electron chi connectivity index (χ1n) is 8.35. The van der Waals surface area contributed by atoms with Gasteiger partial charge in [-0.05, 0) is 30.7 Å². The van der Waals surface area contributed by atoms with Crippen LogP contribution in [0.3, 0.4) is 0 Å². The number of carbonyl (C=O) groups excluding carboxylic acids is 1. The van der Waals surface area contributed by atoms with E-state index in [9.17, 15) is 14.4 Å². The zero-order valence-corrected chi connectivity index (χ0v) is 14.4. The van der Waals surface area contributed by atoms with Crippen molar-refractivity contribution in [3.8, 4) is 5.69 Å². The largest absolute Gasteiger partial charge is 0.465 e. The summed E-state index contributed by atoms with van der Waals surface area (Å²) in [6.45, 7) is 0.235. The number of nitrogens with zero attached hydrogens (tertiary/aromatic N) is 2. The van der Waals surface area contributed by atoms with Crippen LogP contribution in [0.2, 0.25) is 0 Å². The van der Waals surface area contributed by atoms with Gasteiger partial charge in [0.1, 0.15) is 5.82 Å². The van der Waals surface area contributed by atoms with Gasteiger partial charge in [0.05, 0.1) is 22.2 Å². The number of aryl methyl sites for hydroxylation is 1. The Morgan fingerprint density at radius 1 is 1.11 bits per heavy atom. The number of hydrogen-bond donors (Lipinski definition) is 3. The molecule has 0 radical (unpaired) electrons. The smallest absolute Gasteiger partial charge is 0.404 e. The van der Waals surface area contributed by atoms with Gasteiger partial charge in [-0.15, -0.1) is 0 Å². The highest BCUT2D eigenvalue weighted by molar-refractivity contribution is 6.05. The molecular formula is C19H18N4O4. The number of fused-ring (bicyclic) bond motifs is 1. The number of hydrogen-bond acceptors (Lipinski definition) is 4. The average molecular weight is 366 g/mol. The molecule has 0 unspecified atom stereocenters. The molecule has 3 rings (SSSR count). The van der Waals surface area contributed by atoms with Crippen LogP contribution in [-0.4, -0.2) is 33.2 Å². The summed E-state index contributed by atoms with van der Waals surface area (Å²) in [5.74, 6) is -0.218. The van der Waals surface area contributed by atoms with E-state index in [1.54, 1.807) is 36.4 Å². The van der Waals surface area contributed by atoms with E-state index in [1.807, 2.05) is 6.07 Å². The van der Waals surface area contributed by atoms with Crippen molar-refractivity contribution in [1.29, 1.82) is 0 Å². The molecule has 0 atom stereocenters. The molecule has 8 nitrogen and oxygen atoms in total. The molecule has 2 amide bonds. The van der Waals surface area contributed by atoms with Crippen molar-refractivity contribution in [3.63, 3.8) is 0 Å². The molecule has 0 bridgehead atoms. The molecule has 0 aliphatic carbocycles. The lowest BCUT2D eigenvalue weighted by Gasteiger charge is -2.14. The number of rotatable bonds is 6. The number of para-hydroxylation sites is 1. The second-order valence-corrected chi connectivity index (χ2v) is 5.90. The van der Waals surface area contributed by atoms with Gasteiger partial charge in [0.25, 0.3) is 5.56 Å². The minimum absolute atomic E-state index is 0.119. The minimum Gasteiger partial charge on any atom is -0.465 e. The van der Waals surface area contributed by atoms with Gasteiger partial charge in [-0.2, -0.15) is 0 Å². The lowest BCUT2D eigenvalue weighted by atomic mass is 10.1. The molecule has 0 spiro atoms. The molecule has 0 fully saturated rings. The molecule has 3 aromatic rings. The fourth-order valence-corrected chi connectivity index (χ4v) is 2.93. The maximum Gasteiger partial charge on any atom is 0.404 e. The molecule has 1 aromatic heterocycles. The van der Waals surface area contributed by atoms with Gasteiger partial charge in [-0.25, -0.2) is 9.78 Å². The second kappa shape index (κ2) is 7.69. The third kappa shape index (κ3) is 3.79. The van der Waals surface area contributed by atoms with Crippen LogP contribution in [0.25, 0.3) is 16.6 Å². The summed E-state index contributed by atoms with van der Waals surface area (Å²) in [5.41, 5.74) is 6.14. The van der Waals surface area contributed by atoms with Crippen molar-refractivity contribution in [2.24, 2.45) is 5.73 Å². The standard InChI is InChI=1S/C19H18N4O4/c20-17(24)13-8-4-9-14-16(13)18(25)23(12-6-2-1-3-7-12)15(22-14)10-5-11-21-19(26)27/h1-4,6-9,21H,5,10-11H2,(H2,20,24)(H,26,27). The lowest BCUT2D eigenvalue weighted by Crippen LogP contribution is -2.27. The predicted octanol–water partition coefficient (Wildman–Crippen LogP) is 1.68. The topological polar surface area (TPSA) is 127 Å². The molecule has 8 heteroatoms. The number of benzene rings is 2. The number of carbonyl (C=O) groups is 2. The zero-order valence-electron chi connectivity index (χ0n) is 14.4. The van der Waals surface area contributed by atoms with Crippen molar-refractivity contribution < 1.29 is 14.7 Å². The highest BCUT2D eigenvalue weighted by atomic mass is 16.4. The van der Waals surface area contributed by atoms with Crippen molar-refractivity contribution in [1.82, 2.24) is 14.9 Å². The lowest BCUT2D eigenvalue weighted by molar-refractivity contribution is 0.100. The van der Waals surface area contributed by atoms with E-state index in [4.69, 9.17) is 10.8 Å². The fourth-order valence-electron chi connectivity index (χ4n) is 2.93. The van der Waals surface area contributed by atoms with E-state index in [0.29, 0.717) is 29.9 Å². The molecule has 0 aliphatic heterocycles. The number of amides is 2. The second-order valence-electron chi connectivity index (χ2n) is 5.90. The summed E-state index contributed by atoms with van der Waals surface area (Å²) in [7, 11) is 0. The number of aromatic nitrogens is 2. The van der Waals surface area contributed by atoms with Crippen LogP contribution in [-0.2, 0) is 6.42 Å². The minimum atomic E-state index is -1.10. The molecule has 0 aliphatic rings. The van der Waals surface area contributed by atoms with E-state index < -0.39 is 12.0 Å². The van der Waals surface area contributed by atoms with Crippen LogP contribution in [0.15, 0.2) is 53.3 Å². The first-order valence-corrected chi connectivity index (χ1v) is 8.35. The number of nitrogens with one attached hydrogen (secondary N) is 1. The summed E-state index contributed by atoms with van der Waals surface area (Å²) >= 11 is 0. The Hall–Kier alpha value is -3.68. The molecule has 2 aromatic carbocycles. The number of nitrogens with two attached hydrogens (primary N) is 1. The fraction of sp³-hybridized carbons (Fsp3) is 0.158. The van der Waals surface area contributed by atoms with Crippen LogP contribution in [0.4, 0.5) is 4.79 Å². The van der Waals surface area contributed by atoms with Gasteiger partial charge in [0.15, 0.2) is 0 Å². The summed E-state index contributed by atoms with van der Waals surface area (Å²) in [4.78, 5) is 40.1. The van der Waals surface area contributed by atoms with Gasteiger partial charge in [0, 0.05) is 13.0 Å². The molecule has 138 valence electrons. The maximum absolute atomic E-state index is 13.2. The number of primary amides is 1. The highest BCUT2D eigenvalue weighted by Gasteiger charge is 2.17. The van der Waals surface area contributed by atoms with Crippen LogP contribution in [0.5, 0.6) is 0 Å². The Morgan fingerprint density at radius 3 is 2.52 bits per heavy atom. The Labute approximate surface area is 154 Å². The normalized spacial score (nSPS) is 10.7. The molecule has 1 heterocycles. The van der Waals surface area contributed by atoms with Crippen LogP contribution in [0.1, 0.15) is 22.6 Å². The Balaban J connectivity index is 2.17. The molecular weight excluding hydrogens is 348 g/mol. The summed E-state index contributed by atoms with van der Waals surface area (Å²) < 4.78 is 1.44. The third-order valence-corrected chi connectivity index (χ3v) is 4.10. The van der Waals surface area contributed by atoms with Gasteiger partial charge in [0.2, 0.25) is 5.91 Å². The Bertz CT molecular complexity index is 1060. The summed E-state index contributed by atoms with van der Waals surface area (Å²) in [5, 5.41) is 11.1. The van der Waals surface area contributed by atoms with Gasteiger partial charge in [-0.3, -0.25) is 14.2 Å². The van der Waals surface area contributed by atoms with E-state index in [1.165, 1.54) is 10.6 Å². The molecule has 0 saturated heterocycles. The summed E-state index contributed by atoms with van der Waals surface area (Å²) in [6.07, 6.45) is -0.263. The van der Waals surface area contributed by atoms with E-state index in [0.717, 1.165) is 0 Å². The van der Waals surface area contributed by atoms with E-state index >= 15 is 0 Å². The molecule has 27 heavy (non-hydrogen) atoms. The van der Waals surface area contributed by atoms with Crippen molar-refractivity contribution >= 4 is 22.9 Å². The SMILES string of the molecule is NC(=O)c1cccc2nc(CCCNC(=O)O)n(-c3ccccc3)c(=O)c12. The van der Waals surface area contributed by atoms with E-state index in [2.05, 4.69) is 10.3 Å². The van der Waals surface area contributed by atoms with Gasteiger partial charge >= 0.3 is 6.09 Å². The first-order chi connectivity index (χ1) is 13.0. The monoisotopic (exact) mass is 366 g/mol. The van der Waals surface area contributed by atoms with E-state index in [-0.39, 0.29) is 23.1 Å². The molecule has 4 N–H and O–H groups in total. The third-order valence-electron chi connectivity index (χ3n) is 4.10. The highest BCUT2D eigenvalue weighted by Crippen LogP contribution is 2.17. The van der Waals surface area contributed by atoms with Crippen molar-refractivity contribution in [2.75, 3.05) is 6.54 Å². The van der Waals surface area contributed by atoms with Crippen LogP contribution >= 0.6 is 0 Å². The van der Waals surface area contributed by atoms with Gasteiger partial charge < -0.3 is 16.2 Å². The predicted molar refractivity (Wildman–Crippen MR) is 100 cm³/mol. The molecule has 0 saturated carbocycles. The Morgan fingerprint density at radius 2 is 1.85 bits per heavy atom. The van der Waals surface area contributed by atoms with Gasteiger partial charge in [-0.1, -0.05) is 24.3 Å². The number of carboxylic acid groups (broad SMARTS) is 1. The zero-order chi connectivity index (χ0) is 19.4. The Kier molecular flexibility index (Phi) is 5.16. The first kappa shape index (κ1) is 18.1. The quantitative estimate of drug-likeness (QED) is 0.572. The average Bonchev–Trinajstić information content (AvgIpc) is 2.65. The van der Waals surface area contributed by atoms with Crippen LogP contribution in [0, 0.1) is 0 Å². The maximum atomic E-state index is 13.2. The van der Waals surface area contributed by atoms with Crippen LogP contribution < -0.4 is 16.6 Å². The van der Waals surface area contributed by atoms with Crippen molar-refractivity contribution in [3.05, 3.63) is 70.3 Å².